The van der Waals surface area contributed by atoms with Gasteiger partial charge in [-0.15, -0.1) is 0 Å². The average Bonchev–Trinajstić information content (AvgIpc) is 2.54. The van der Waals surface area contributed by atoms with E-state index in [1.807, 2.05) is 6.07 Å². The summed E-state index contributed by atoms with van der Waals surface area (Å²) in [4.78, 5) is 12.1. The summed E-state index contributed by atoms with van der Waals surface area (Å²) < 4.78 is 10.3. The van der Waals surface area contributed by atoms with Gasteiger partial charge < -0.3 is 9.47 Å². The summed E-state index contributed by atoms with van der Waals surface area (Å²) >= 11 is 5.87. The van der Waals surface area contributed by atoms with Crippen molar-refractivity contribution in [3.63, 3.8) is 0 Å². The number of nitrogens with one attached hydrogen (secondary N) is 1. The summed E-state index contributed by atoms with van der Waals surface area (Å²) in [6, 6.07) is 12.1. The van der Waals surface area contributed by atoms with Crippen molar-refractivity contribution in [3.05, 3.63) is 58.6 Å². The van der Waals surface area contributed by atoms with E-state index >= 15 is 0 Å². The molecule has 0 aliphatic carbocycles. The average molecular weight is 319 g/mol. The topological polar surface area (TPSA) is 59.9 Å². The van der Waals surface area contributed by atoms with Crippen LogP contribution >= 0.6 is 11.6 Å². The number of hydrazone groups is 1. The number of hydrogen-bond acceptors (Lipinski definition) is 4. The minimum absolute atomic E-state index is 0.367. The Hall–Kier alpha value is -2.53. The molecule has 0 spiro atoms. The van der Waals surface area contributed by atoms with Gasteiger partial charge in [-0.3, -0.25) is 4.79 Å². The van der Waals surface area contributed by atoms with Crippen LogP contribution in [0.1, 0.15) is 15.9 Å². The number of benzene rings is 2. The van der Waals surface area contributed by atoms with Gasteiger partial charge in [0, 0.05) is 11.1 Å². The fourth-order valence-electron chi connectivity index (χ4n) is 1.80. The van der Waals surface area contributed by atoms with Crippen molar-refractivity contribution in [1.82, 2.24) is 5.43 Å². The predicted molar refractivity (Wildman–Crippen MR) is 86.1 cm³/mol. The van der Waals surface area contributed by atoms with Crippen molar-refractivity contribution in [3.8, 4) is 11.5 Å². The molecule has 0 saturated heterocycles. The van der Waals surface area contributed by atoms with Crippen LogP contribution in [0.3, 0.4) is 0 Å². The van der Waals surface area contributed by atoms with E-state index in [2.05, 4.69) is 10.5 Å². The second-order valence-corrected chi connectivity index (χ2v) is 4.76. The molecule has 2 aromatic rings. The third-order valence-corrected chi connectivity index (χ3v) is 3.12. The highest BCUT2D eigenvalue weighted by atomic mass is 35.5. The molecule has 0 aliphatic heterocycles. The minimum Gasteiger partial charge on any atom is -0.497 e. The number of ether oxygens (including phenoxy) is 2. The van der Waals surface area contributed by atoms with Gasteiger partial charge in [0.25, 0.3) is 5.91 Å². The predicted octanol–water partition coefficient (Wildman–Crippen LogP) is 3.12. The van der Waals surface area contributed by atoms with E-state index < -0.39 is 0 Å². The summed E-state index contributed by atoms with van der Waals surface area (Å²) in [6.07, 6.45) is 1.51. The summed E-state index contributed by atoms with van der Waals surface area (Å²) in [5.74, 6) is 0.642. The second-order valence-electron chi connectivity index (χ2n) is 4.32. The Bertz CT molecular complexity index is 702. The number of rotatable bonds is 5. The molecule has 5 nitrogen and oxygen atoms in total. The van der Waals surface area contributed by atoms with Crippen molar-refractivity contribution in [2.45, 2.75) is 0 Å². The van der Waals surface area contributed by atoms with E-state index in [1.165, 1.54) is 13.3 Å². The number of carbonyl (C=O) groups excluding carboxylic acids is 1. The van der Waals surface area contributed by atoms with E-state index in [0.29, 0.717) is 22.1 Å². The highest BCUT2D eigenvalue weighted by Crippen LogP contribution is 2.24. The number of amides is 1. The van der Waals surface area contributed by atoms with Crippen molar-refractivity contribution in [2.24, 2.45) is 5.10 Å². The lowest BCUT2D eigenvalue weighted by Crippen LogP contribution is -2.18. The molecule has 0 aliphatic rings. The van der Waals surface area contributed by atoms with Gasteiger partial charge in [0.05, 0.1) is 26.0 Å². The Balaban J connectivity index is 2.09. The lowest BCUT2D eigenvalue weighted by molar-refractivity contribution is 0.0952. The number of nitrogens with zero attached hydrogens (tertiary/aromatic N) is 1. The molecule has 114 valence electrons. The Morgan fingerprint density at radius 2 is 2.00 bits per heavy atom. The second kappa shape index (κ2) is 7.47. The first-order chi connectivity index (χ1) is 10.6. The van der Waals surface area contributed by atoms with E-state index in [9.17, 15) is 4.79 Å². The van der Waals surface area contributed by atoms with E-state index in [0.717, 1.165) is 5.56 Å². The van der Waals surface area contributed by atoms with Crippen LogP contribution in [0.4, 0.5) is 0 Å². The monoisotopic (exact) mass is 318 g/mol. The molecule has 6 heteroatoms. The fourth-order valence-corrected chi connectivity index (χ4v) is 2.00. The zero-order valence-corrected chi connectivity index (χ0v) is 12.9. The number of halogens is 1. The molecule has 0 aromatic heterocycles. The lowest BCUT2D eigenvalue weighted by Gasteiger charge is -2.08. The Labute approximate surface area is 133 Å². The Morgan fingerprint density at radius 1 is 1.18 bits per heavy atom. The summed E-state index contributed by atoms with van der Waals surface area (Å²) in [6.45, 7) is 0. The first-order valence-corrected chi connectivity index (χ1v) is 6.83. The molecule has 2 rings (SSSR count). The van der Waals surface area contributed by atoms with E-state index in [4.69, 9.17) is 21.1 Å². The van der Waals surface area contributed by atoms with Gasteiger partial charge in [0.15, 0.2) is 0 Å². The van der Waals surface area contributed by atoms with Crippen LogP contribution in [-0.4, -0.2) is 26.3 Å². The summed E-state index contributed by atoms with van der Waals surface area (Å²) in [7, 11) is 3.03. The quantitative estimate of drug-likeness (QED) is 0.680. The van der Waals surface area contributed by atoms with Gasteiger partial charge in [-0.1, -0.05) is 23.7 Å². The standard InChI is InChI=1S/C16H15ClN2O3/c1-21-13-6-7-14(15(9-13)22-2)16(20)19-18-10-11-4-3-5-12(17)8-11/h3-10H,1-2H3,(H,19,20). The van der Waals surface area contributed by atoms with Gasteiger partial charge in [0.1, 0.15) is 11.5 Å². The van der Waals surface area contributed by atoms with Crippen LogP contribution in [0, 0.1) is 0 Å². The minimum atomic E-state index is -0.377. The zero-order chi connectivity index (χ0) is 15.9. The Kier molecular flexibility index (Phi) is 5.38. The third-order valence-electron chi connectivity index (χ3n) is 2.88. The van der Waals surface area contributed by atoms with Crippen LogP contribution in [0.15, 0.2) is 47.6 Å². The van der Waals surface area contributed by atoms with E-state index in [-0.39, 0.29) is 5.91 Å². The first-order valence-electron chi connectivity index (χ1n) is 6.45. The molecule has 0 saturated carbocycles. The molecular weight excluding hydrogens is 304 g/mol. The molecule has 0 radical (unpaired) electrons. The fraction of sp³-hybridized carbons (Fsp3) is 0.125. The molecule has 2 aromatic carbocycles. The van der Waals surface area contributed by atoms with Gasteiger partial charge in [0.2, 0.25) is 0 Å². The van der Waals surface area contributed by atoms with Crippen molar-refractivity contribution < 1.29 is 14.3 Å². The first kappa shape index (κ1) is 15.9. The molecule has 0 atom stereocenters. The number of methoxy groups -OCH3 is 2. The summed E-state index contributed by atoms with van der Waals surface area (Å²) in [5.41, 5.74) is 3.60. The summed E-state index contributed by atoms with van der Waals surface area (Å²) in [5, 5.41) is 4.51. The normalized spacial score (nSPS) is 10.5. The number of hydrogen-bond donors (Lipinski definition) is 1. The van der Waals surface area contributed by atoms with Gasteiger partial charge in [-0.2, -0.15) is 5.10 Å². The molecular formula is C16H15ClN2O3. The van der Waals surface area contributed by atoms with Crippen molar-refractivity contribution in [2.75, 3.05) is 14.2 Å². The van der Waals surface area contributed by atoms with Crippen LogP contribution in [0.25, 0.3) is 0 Å². The van der Waals surface area contributed by atoms with Crippen LogP contribution < -0.4 is 14.9 Å². The molecule has 1 N–H and O–H groups in total. The molecule has 22 heavy (non-hydrogen) atoms. The largest absolute Gasteiger partial charge is 0.497 e. The van der Waals surface area contributed by atoms with Crippen molar-refractivity contribution in [1.29, 1.82) is 0 Å². The third kappa shape index (κ3) is 3.99. The molecule has 0 fully saturated rings. The smallest absolute Gasteiger partial charge is 0.275 e. The van der Waals surface area contributed by atoms with Gasteiger partial charge >= 0.3 is 0 Å². The highest BCUT2D eigenvalue weighted by Gasteiger charge is 2.12. The van der Waals surface area contributed by atoms with Crippen LogP contribution in [-0.2, 0) is 0 Å². The maximum atomic E-state index is 12.1. The molecule has 0 bridgehead atoms. The van der Waals surface area contributed by atoms with Gasteiger partial charge in [-0.05, 0) is 29.8 Å². The van der Waals surface area contributed by atoms with Crippen molar-refractivity contribution >= 4 is 23.7 Å². The Morgan fingerprint density at radius 3 is 2.68 bits per heavy atom. The highest BCUT2D eigenvalue weighted by molar-refractivity contribution is 6.30. The molecule has 0 unspecified atom stereocenters. The van der Waals surface area contributed by atoms with Crippen LogP contribution in [0.2, 0.25) is 5.02 Å². The molecule has 1 amide bonds. The van der Waals surface area contributed by atoms with Crippen LogP contribution in [0.5, 0.6) is 11.5 Å². The lowest BCUT2D eigenvalue weighted by atomic mass is 10.2. The SMILES string of the molecule is COc1ccc(C(=O)NN=Cc2cccc(Cl)c2)c(OC)c1. The maximum absolute atomic E-state index is 12.1. The maximum Gasteiger partial charge on any atom is 0.275 e. The van der Waals surface area contributed by atoms with E-state index in [1.54, 1.807) is 43.5 Å². The number of carbonyl (C=O) groups is 1. The zero-order valence-electron chi connectivity index (χ0n) is 12.2. The molecule has 0 heterocycles. The van der Waals surface area contributed by atoms with Gasteiger partial charge in [-0.25, -0.2) is 5.43 Å².